The number of hydrogen-bond donors (Lipinski definition) is 2. The lowest BCUT2D eigenvalue weighted by molar-refractivity contribution is -0.192. The SMILES string of the molecule is CCOc1ccc(C2CC2)c(CN2CC(COc3cccc([C@@H](CC(=O)O)C4CC4)c3)C2)c1.O=C(O)C(F)(F)F. The first-order valence-corrected chi connectivity index (χ1v) is 13.8. The average molecular weight is 564 g/mol. The van der Waals surface area contributed by atoms with E-state index in [0.717, 1.165) is 55.5 Å². The molecule has 2 aromatic carbocycles. The predicted molar refractivity (Wildman–Crippen MR) is 142 cm³/mol. The van der Waals surface area contributed by atoms with E-state index in [9.17, 15) is 23.1 Å². The van der Waals surface area contributed by atoms with Gasteiger partial charge in [-0.05, 0) is 91.3 Å². The van der Waals surface area contributed by atoms with E-state index in [0.29, 0.717) is 25.0 Å². The normalized spacial score (nSPS) is 18.2. The van der Waals surface area contributed by atoms with Gasteiger partial charge in [0.15, 0.2) is 0 Å². The maximum atomic E-state index is 11.3. The molecule has 10 heteroatoms. The van der Waals surface area contributed by atoms with E-state index in [1.807, 2.05) is 19.1 Å². The first-order chi connectivity index (χ1) is 19.0. The third-order valence-corrected chi connectivity index (χ3v) is 7.47. The number of aliphatic carboxylic acids is 2. The highest BCUT2D eigenvalue weighted by atomic mass is 19.4. The predicted octanol–water partition coefficient (Wildman–Crippen LogP) is 6.08. The molecule has 1 heterocycles. The second-order valence-corrected chi connectivity index (χ2v) is 10.9. The van der Waals surface area contributed by atoms with Crippen molar-refractivity contribution in [2.24, 2.45) is 11.8 Å². The Labute approximate surface area is 231 Å². The van der Waals surface area contributed by atoms with Crippen LogP contribution in [0, 0.1) is 11.8 Å². The Hall–Kier alpha value is -3.27. The summed E-state index contributed by atoms with van der Waals surface area (Å²) < 4.78 is 43.6. The lowest BCUT2D eigenvalue weighted by Gasteiger charge is -2.39. The molecule has 1 saturated heterocycles. The number of carboxylic acid groups (broad SMARTS) is 2. The standard InChI is InChI=1S/C28H35NO4.C2HF3O2/c1-2-32-25-10-11-26(20-6-7-20)23(13-25)17-29-15-19(16-29)18-33-24-5-3-4-22(12-24)27(14-28(30)31)21-8-9-21;3-2(4,5)1(6)7/h3-5,10-13,19-21,27H,2,6-9,14-18H2,1H3,(H,30,31);(H,6,7)/t27-;/m0./s1. The first-order valence-electron chi connectivity index (χ1n) is 13.8. The molecule has 3 aliphatic rings. The molecular weight excluding hydrogens is 527 g/mol. The van der Waals surface area contributed by atoms with Crippen molar-refractivity contribution in [2.75, 3.05) is 26.3 Å². The largest absolute Gasteiger partial charge is 0.494 e. The maximum absolute atomic E-state index is 11.3. The third-order valence-electron chi connectivity index (χ3n) is 7.47. The Morgan fingerprint density at radius 3 is 2.25 bits per heavy atom. The van der Waals surface area contributed by atoms with E-state index in [1.54, 1.807) is 0 Å². The summed E-state index contributed by atoms with van der Waals surface area (Å²) in [5, 5.41) is 16.4. The van der Waals surface area contributed by atoms with E-state index < -0.39 is 18.1 Å². The zero-order chi connectivity index (χ0) is 28.9. The van der Waals surface area contributed by atoms with Gasteiger partial charge in [0, 0.05) is 25.6 Å². The van der Waals surface area contributed by atoms with Crippen LogP contribution in [0.1, 0.15) is 67.6 Å². The number of rotatable bonds is 12. The highest BCUT2D eigenvalue weighted by Crippen LogP contribution is 2.45. The van der Waals surface area contributed by atoms with Gasteiger partial charge in [0.05, 0.1) is 19.6 Å². The van der Waals surface area contributed by atoms with Crippen molar-refractivity contribution in [2.45, 2.75) is 63.6 Å². The molecule has 3 fully saturated rings. The molecule has 7 nitrogen and oxygen atoms in total. The number of halogens is 3. The Morgan fingerprint density at radius 1 is 1.00 bits per heavy atom. The number of alkyl halides is 3. The van der Waals surface area contributed by atoms with Crippen LogP contribution in [0.25, 0.3) is 0 Å². The van der Waals surface area contributed by atoms with E-state index in [-0.39, 0.29) is 12.3 Å². The van der Waals surface area contributed by atoms with Crippen molar-refractivity contribution in [3.63, 3.8) is 0 Å². The van der Waals surface area contributed by atoms with Crippen LogP contribution in [0.15, 0.2) is 42.5 Å². The van der Waals surface area contributed by atoms with Crippen LogP contribution in [0.3, 0.4) is 0 Å². The van der Waals surface area contributed by atoms with Crippen LogP contribution in [0.4, 0.5) is 13.2 Å². The van der Waals surface area contributed by atoms with Gasteiger partial charge in [-0.15, -0.1) is 0 Å². The average Bonchev–Trinajstić information content (AvgIpc) is 3.78. The molecule has 0 unspecified atom stereocenters. The maximum Gasteiger partial charge on any atom is 0.490 e. The van der Waals surface area contributed by atoms with Gasteiger partial charge >= 0.3 is 18.1 Å². The van der Waals surface area contributed by atoms with Crippen molar-refractivity contribution in [1.82, 2.24) is 4.90 Å². The van der Waals surface area contributed by atoms with Crippen LogP contribution in [-0.2, 0) is 16.1 Å². The summed E-state index contributed by atoms with van der Waals surface area (Å²) in [5.74, 6) is 0.260. The summed E-state index contributed by atoms with van der Waals surface area (Å²) in [5.41, 5.74) is 4.02. The van der Waals surface area contributed by atoms with Crippen LogP contribution >= 0.6 is 0 Å². The molecular formula is C30H36F3NO6. The lowest BCUT2D eigenvalue weighted by atomic mass is 9.91. The highest BCUT2D eigenvalue weighted by Gasteiger charge is 2.38. The van der Waals surface area contributed by atoms with Gasteiger partial charge in [-0.3, -0.25) is 9.69 Å². The lowest BCUT2D eigenvalue weighted by Crippen LogP contribution is -2.48. The van der Waals surface area contributed by atoms with Crippen molar-refractivity contribution < 1.29 is 42.4 Å². The summed E-state index contributed by atoms with van der Waals surface area (Å²) in [6.45, 7) is 6.52. The van der Waals surface area contributed by atoms with E-state index in [2.05, 4.69) is 35.2 Å². The van der Waals surface area contributed by atoms with Crippen molar-refractivity contribution >= 4 is 11.9 Å². The fourth-order valence-corrected chi connectivity index (χ4v) is 5.21. The number of ether oxygens (including phenoxy) is 2. The van der Waals surface area contributed by atoms with Crippen LogP contribution in [0.2, 0.25) is 0 Å². The molecule has 0 bridgehead atoms. The monoisotopic (exact) mass is 563 g/mol. The van der Waals surface area contributed by atoms with E-state index in [1.165, 1.54) is 24.0 Å². The number of likely N-dealkylation sites (tertiary alicyclic amines) is 1. The van der Waals surface area contributed by atoms with Crippen LogP contribution < -0.4 is 9.47 Å². The number of carboxylic acids is 2. The number of benzene rings is 2. The fourth-order valence-electron chi connectivity index (χ4n) is 5.21. The van der Waals surface area contributed by atoms with Gasteiger partial charge in [-0.25, -0.2) is 4.79 Å². The molecule has 1 aliphatic heterocycles. The number of carbonyl (C=O) groups is 2. The summed E-state index contributed by atoms with van der Waals surface area (Å²) >= 11 is 0. The van der Waals surface area contributed by atoms with E-state index in [4.69, 9.17) is 19.4 Å². The second-order valence-electron chi connectivity index (χ2n) is 10.9. The minimum atomic E-state index is -5.08. The Morgan fingerprint density at radius 2 is 1.68 bits per heavy atom. The van der Waals surface area contributed by atoms with Crippen molar-refractivity contribution in [3.8, 4) is 11.5 Å². The first kappa shape index (κ1) is 29.7. The Bertz CT molecular complexity index is 1170. The molecule has 0 spiro atoms. The number of hydrogen-bond acceptors (Lipinski definition) is 5. The van der Waals surface area contributed by atoms with Gasteiger partial charge in [0.2, 0.25) is 0 Å². The zero-order valence-electron chi connectivity index (χ0n) is 22.5. The highest BCUT2D eigenvalue weighted by molar-refractivity contribution is 5.73. The second kappa shape index (κ2) is 12.9. The zero-order valence-corrected chi connectivity index (χ0v) is 22.5. The van der Waals surface area contributed by atoms with Gasteiger partial charge in [0.25, 0.3) is 0 Å². The van der Waals surface area contributed by atoms with Crippen LogP contribution in [-0.4, -0.2) is 59.5 Å². The molecule has 40 heavy (non-hydrogen) atoms. The smallest absolute Gasteiger partial charge is 0.490 e. The van der Waals surface area contributed by atoms with Crippen LogP contribution in [0.5, 0.6) is 11.5 Å². The van der Waals surface area contributed by atoms with Gasteiger partial charge in [-0.1, -0.05) is 18.2 Å². The summed E-state index contributed by atoms with van der Waals surface area (Å²) in [4.78, 5) is 22.7. The molecule has 2 N–H and O–H groups in total. The van der Waals surface area contributed by atoms with Crippen molar-refractivity contribution in [3.05, 3.63) is 59.2 Å². The molecule has 0 aromatic heterocycles. The van der Waals surface area contributed by atoms with E-state index >= 15 is 0 Å². The third kappa shape index (κ3) is 8.61. The van der Waals surface area contributed by atoms with Gasteiger partial charge in [-0.2, -0.15) is 13.2 Å². The molecule has 0 radical (unpaired) electrons. The molecule has 2 aromatic rings. The molecule has 2 aliphatic carbocycles. The molecule has 218 valence electrons. The summed E-state index contributed by atoms with van der Waals surface area (Å²) in [6, 6.07) is 14.7. The molecule has 0 amide bonds. The number of nitrogens with zero attached hydrogens (tertiary/aromatic N) is 1. The Kier molecular flexibility index (Phi) is 9.60. The molecule has 1 atom stereocenters. The summed E-state index contributed by atoms with van der Waals surface area (Å²) in [7, 11) is 0. The Balaban J connectivity index is 0.000000470. The van der Waals surface area contributed by atoms with Crippen molar-refractivity contribution in [1.29, 1.82) is 0 Å². The summed E-state index contributed by atoms with van der Waals surface area (Å²) in [6.07, 6.45) is 0.0158. The molecule has 5 rings (SSSR count). The van der Waals surface area contributed by atoms with Gasteiger partial charge < -0.3 is 19.7 Å². The minimum absolute atomic E-state index is 0.110. The fraction of sp³-hybridized carbons (Fsp3) is 0.533. The van der Waals surface area contributed by atoms with Gasteiger partial charge in [0.1, 0.15) is 11.5 Å². The topological polar surface area (TPSA) is 96.3 Å². The molecule has 2 saturated carbocycles. The quantitative estimate of drug-likeness (QED) is 0.323. The minimum Gasteiger partial charge on any atom is -0.494 e.